The molecule has 5 aromatic rings. The Morgan fingerprint density at radius 3 is 1.75 bits per heavy atom. The number of rotatable bonds is 10. The van der Waals surface area contributed by atoms with Crippen LogP contribution in [0.15, 0.2) is 59.6 Å². The monoisotopic (exact) mass is 795 g/mol. The lowest BCUT2D eigenvalue weighted by Crippen LogP contribution is -2.40. The molecule has 0 aromatic carbocycles. The van der Waals surface area contributed by atoms with Gasteiger partial charge in [0.2, 0.25) is 5.88 Å². The minimum absolute atomic E-state index is 0.150. The van der Waals surface area contributed by atoms with E-state index in [4.69, 9.17) is 23.3 Å². The standard InChI is InChI=1S/C24H33N3O4Si.C14H21BrN2OSi/c1-9-16-12-19(23(28)30-6)22(29-5)26-21(16)17-10-11-20-25-18(14-27(20)13-17)15-31-32(7,8)24(2,3)4;1-14(2,3)19(4,5)18-10-12-9-17-8-11(15)6-7-13(17)16-12/h10-14H,9,15H2,1-8H3;6-9H,10H2,1-5H3. The number of methoxy groups -OCH3 is 2. The Hall–Kier alpha value is -3.37. The van der Waals surface area contributed by atoms with Crippen molar-refractivity contribution in [2.75, 3.05) is 14.2 Å². The maximum Gasteiger partial charge on any atom is 0.343 e. The fourth-order valence-corrected chi connectivity index (χ4v) is 6.99. The fraction of sp³-hybridized carbons (Fsp3) is 0.474. The van der Waals surface area contributed by atoms with Crippen LogP contribution in [0, 0.1) is 0 Å². The SMILES string of the molecule is CC(C)(C)[Si](C)(C)OCc1cn2cc(Br)ccc2n1.CCc1cc(C(=O)OC)c(OC)nc1-c1ccc2nc(CO[Si](C)(C)C(C)(C)C)cn2c1. The zero-order chi connectivity index (χ0) is 37.9. The molecule has 0 saturated heterocycles. The number of aromatic nitrogens is 5. The van der Waals surface area contributed by atoms with Crippen LogP contribution in [0.3, 0.4) is 0 Å². The molecule has 0 atom stereocenters. The van der Waals surface area contributed by atoms with Gasteiger partial charge in [0, 0.05) is 34.8 Å². The molecule has 0 radical (unpaired) electrons. The van der Waals surface area contributed by atoms with Gasteiger partial charge in [-0.1, -0.05) is 48.5 Å². The van der Waals surface area contributed by atoms with E-state index in [2.05, 4.69) is 93.6 Å². The summed E-state index contributed by atoms with van der Waals surface area (Å²) < 4.78 is 27.8. The molecule has 0 N–H and O–H groups in total. The molecule has 0 aliphatic heterocycles. The highest BCUT2D eigenvalue weighted by Crippen LogP contribution is 2.38. The molecule has 0 aliphatic carbocycles. The van der Waals surface area contributed by atoms with Crippen molar-refractivity contribution in [1.29, 1.82) is 0 Å². The zero-order valence-corrected chi connectivity index (χ0v) is 36.1. The maximum absolute atomic E-state index is 12.1. The van der Waals surface area contributed by atoms with Crippen LogP contribution in [0.2, 0.25) is 36.3 Å². The predicted molar refractivity (Wildman–Crippen MR) is 213 cm³/mol. The van der Waals surface area contributed by atoms with Gasteiger partial charge in [-0.05, 0) is 94.5 Å². The van der Waals surface area contributed by atoms with Crippen molar-refractivity contribution in [2.24, 2.45) is 0 Å². The summed E-state index contributed by atoms with van der Waals surface area (Å²) in [5.41, 5.74) is 6.63. The van der Waals surface area contributed by atoms with E-state index < -0.39 is 22.6 Å². The minimum atomic E-state index is -1.85. The molecule has 0 unspecified atom stereocenters. The van der Waals surface area contributed by atoms with Gasteiger partial charge in [0.1, 0.15) is 16.9 Å². The number of esters is 1. The van der Waals surface area contributed by atoms with Gasteiger partial charge in [0.25, 0.3) is 0 Å². The Balaban J connectivity index is 0.000000261. The molecular formula is C38H54BrN5O5Si2. The number of hydrogen-bond donors (Lipinski definition) is 0. The quantitative estimate of drug-likeness (QED) is 0.102. The number of pyridine rings is 3. The van der Waals surface area contributed by atoms with Crippen LogP contribution in [0.25, 0.3) is 22.6 Å². The van der Waals surface area contributed by atoms with Gasteiger partial charge in [-0.3, -0.25) is 0 Å². The highest BCUT2D eigenvalue weighted by molar-refractivity contribution is 9.10. The number of imidazole rings is 2. The molecule has 0 spiro atoms. The van der Waals surface area contributed by atoms with E-state index >= 15 is 0 Å². The number of ether oxygens (including phenoxy) is 2. The van der Waals surface area contributed by atoms with Crippen LogP contribution in [-0.2, 0) is 33.2 Å². The van der Waals surface area contributed by atoms with E-state index in [1.807, 2.05) is 64.8 Å². The topological polar surface area (TPSA) is 101 Å². The maximum atomic E-state index is 12.1. The average Bonchev–Trinajstić information content (AvgIpc) is 3.67. The van der Waals surface area contributed by atoms with Crippen molar-refractivity contribution in [1.82, 2.24) is 23.8 Å². The Labute approximate surface area is 313 Å². The lowest BCUT2D eigenvalue weighted by Gasteiger charge is -2.35. The van der Waals surface area contributed by atoms with Gasteiger partial charge in [0.05, 0.1) is 44.5 Å². The predicted octanol–water partition coefficient (Wildman–Crippen LogP) is 9.89. The Morgan fingerprint density at radius 1 is 0.765 bits per heavy atom. The van der Waals surface area contributed by atoms with Crippen LogP contribution in [0.5, 0.6) is 5.88 Å². The van der Waals surface area contributed by atoms with E-state index in [1.54, 1.807) is 6.07 Å². The van der Waals surface area contributed by atoms with Crippen LogP contribution in [0.1, 0.15) is 75.8 Å². The molecule has 5 heterocycles. The van der Waals surface area contributed by atoms with Gasteiger partial charge in [0.15, 0.2) is 16.6 Å². The van der Waals surface area contributed by atoms with Crippen molar-refractivity contribution in [2.45, 2.75) is 104 Å². The van der Waals surface area contributed by atoms with Gasteiger partial charge < -0.3 is 27.1 Å². The summed E-state index contributed by atoms with van der Waals surface area (Å²) in [5.74, 6) is -0.217. The Morgan fingerprint density at radius 2 is 1.27 bits per heavy atom. The molecule has 13 heteroatoms. The van der Waals surface area contributed by atoms with Crippen molar-refractivity contribution >= 4 is 49.8 Å². The molecule has 276 valence electrons. The first-order chi connectivity index (χ1) is 23.7. The molecule has 0 fully saturated rings. The van der Waals surface area contributed by atoms with Gasteiger partial charge in [-0.25, -0.2) is 19.7 Å². The summed E-state index contributed by atoms with van der Waals surface area (Å²) in [6, 6.07) is 9.75. The van der Waals surface area contributed by atoms with Crippen molar-refractivity contribution < 1.29 is 23.1 Å². The highest BCUT2D eigenvalue weighted by atomic mass is 79.9. The second-order valence-electron chi connectivity index (χ2n) is 15.8. The summed E-state index contributed by atoms with van der Waals surface area (Å²) in [5, 5.41) is 0.381. The number of aryl methyl sites for hydroxylation is 1. The Bertz CT molecular complexity index is 1990. The second kappa shape index (κ2) is 15.7. The third-order valence-electron chi connectivity index (χ3n) is 10.1. The number of hydrogen-bond acceptors (Lipinski definition) is 8. The van der Waals surface area contributed by atoms with Crippen LogP contribution >= 0.6 is 15.9 Å². The second-order valence-corrected chi connectivity index (χ2v) is 26.3. The minimum Gasteiger partial charge on any atom is -0.480 e. The molecule has 51 heavy (non-hydrogen) atoms. The first kappa shape index (κ1) is 40.4. The number of fused-ring (bicyclic) bond motifs is 2. The lowest BCUT2D eigenvalue weighted by atomic mass is 10.0. The third kappa shape index (κ3) is 9.55. The van der Waals surface area contributed by atoms with E-state index in [1.165, 1.54) is 14.2 Å². The molecule has 0 bridgehead atoms. The Kier molecular flexibility index (Phi) is 12.4. The summed E-state index contributed by atoms with van der Waals surface area (Å²) in [6.45, 7) is 25.6. The highest BCUT2D eigenvalue weighted by Gasteiger charge is 2.38. The molecule has 5 aromatic heterocycles. The van der Waals surface area contributed by atoms with E-state index in [0.717, 1.165) is 44.0 Å². The summed E-state index contributed by atoms with van der Waals surface area (Å²) in [6.07, 6.45) is 8.75. The molecule has 0 saturated carbocycles. The average molecular weight is 797 g/mol. The first-order valence-electron chi connectivity index (χ1n) is 17.2. The molecule has 10 nitrogen and oxygen atoms in total. The smallest absolute Gasteiger partial charge is 0.343 e. The van der Waals surface area contributed by atoms with Gasteiger partial charge in [-0.2, -0.15) is 0 Å². The number of carbonyl (C=O) groups is 1. The van der Waals surface area contributed by atoms with Gasteiger partial charge >= 0.3 is 5.97 Å². The van der Waals surface area contributed by atoms with E-state index in [9.17, 15) is 4.79 Å². The molecular weight excluding hydrogens is 743 g/mol. The molecule has 0 amide bonds. The van der Waals surface area contributed by atoms with E-state index in [0.29, 0.717) is 25.2 Å². The summed E-state index contributed by atoms with van der Waals surface area (Å²) in [4.78, 5) is 26.0. The van der Waals surface area contributed by atoms with Crippen molar-refractivity contribution in [3.05, 3.63) is 82.1 Å². The summed E-state index contributed by atoms with van der Waals surface area (Å²) in [7, 11) is -0.712. The fourth-order valence-electron chi connectivity index (χ4n) is 4.75. The molecule has 5 rings (SSSR count). The van der Waals surface area contributed by atoms with Crippen molar-refractivity contribution in [3.8, 4) is 17.1 Å². The number of halogens is 1. The number of carbonyl (C=O) groups excluding carboxylic acids is 1. The van der Waals surface area contributed by atoms with Crippen LogP contribution in [-0.4, -0.2) is 60.6 Å². The first-order valence-corrected chi connectivity index (χ1v) is 23.9. The van der Waals surface area contributed by atoms with Crippen molar-refractivity contribution in [3.63, 3.8) is 0 Å². The lowest BCUT2D eigenvalue weighted by molar-refractivity contribution is 0.0596. The van der Waals surface area contributed by atoms with Gasteiger partial charge in [-0.15, -0.1) is 0 Å². The third-order valence-corrected chi connectivity index (χ3v) is 19.5. The largest absolute Gasteiger partial charge is 0.480 e. The number of nitrogens with zero attached hydrogens (tertiary/aromatic N) is 5. The van der Waals surface area contributed by atoms with E-state index in [-0.39, 0.29) is 16.0 Å². The zero-order valence-electron chi connectivity index (χ0n) is 32.5. The molecule has 0 aliphatic rings. The van der Waals surface area contributed by atoms with Crippen LogP contribution in [0.4, 0.5) is 0 Å². The summed E-state index contributed by atoms with van der Waals surface area (Å²) >= 11 is 3.47. The normalized spacial score (nSPS) is 12.6. The van der Waals surface area contributed by atoms with Crippen LogP contribution < -0.4 is 4.74 Å².